The number of rotatable bonds is 4. The van der Waals surface area contributed by atoms with Crippen LogP contribution in [0.4, 0.5) is 11.4 Å². The van der Waals surface area contributed by atoms with Gasteiger partial charge < -0.3 is 0 Å². The molecule has 2 aliphatic rings. The van der Waals surface area contributed by atoms with Crippen molar-refractivity contribution >= 4 is 35.0 Å². The van der Waals surface area contributed by atoms with Crippen LogP contribution >= 0.6 is 0 Å². The summed E-state index contributed by atoms with van der Waals surface area (Å²) in [5.74, 6) is -1.13. The normalized spacial score (nSPS) is 14.4. The molecule has 4 amide bonds. The summed E-state index contributed by atoms with van der Waals surface area (Å²) < 4.78 is 0. The highest BCUT2D eigenvalue weighted by atomic mass is 16.2. The molecular formula is C25H26N2O4. The van der Waals surface area contributed by atoms with E-state index in [0.29, 0.717) is 11.4 Å². The van der Waals surface area contributed by atoms with Crippen LogP contribution in [0.1, 0.15) is 33.1 Å². The molecule has 0 fully saturated rings. The minimum atomic E-state index is -0.281. The van der Waals surface area contributed by atoms with Crippen LogP contribution in [-0.2, 0) is 19.2 Å². The number of anilines is 2. The Morgan fingerprint density at radius 2 is 0.806 bits per heavy atom. The fraction of sp³-hybridized carbons (Fsp3) is 0.200. The first-order valence-corrected chi connectivity index (χ1v) is 10.2. The van der Waals surface area contributed by atoms with Crippen LogP contribution in [0.3, 0.4) is 0 Å². The minimum absolute atomic E-state index is 0.281. The Bertz CT molecular complexity index is 850. The summed E-state index contributed by atoms with van der Waals surface area (Å²) in [7, 11) is 0. The third kappa shape index (κ3) is 6.60. The van der Waals surface area contributed by atoms with Crippen LogP contribution in [0.15, 0.2) is 85.0 Å². The lowest BCUT2D eigenvalue weighted by molar-refractivity contribution is -0.121. The monoisotopic (exact) mass is 418 g/mol. The SMILES string of the molecule is CCCCC.O=C1C=CC(=O)N1c1ccccc1.O=C1C=CC(=O)N1c1ccccc1. The predicted molar refractivity (Wildman–Crippen MR) is 121 cm³/mol. The van der Waals surface area contributed by atoms with Crippen molar-refractivity contribution in [3.8, 4) is 0 Å². The Labute approximate surface area is 182 Å². The minimum Gasteiger partial charge on any atom is -0.269 e. The standard InChI is InChI=1S/2C10H7NO2.C5H12/c2*12-9-6-7-10(13)11(9)8-4-2-1-3-5-8;1-3-5-4-2/h2*1-7H;3-5H2,1-2H3. The molecule has 4 rings (SSSR count). The van der Waals surface area contributed by atoms with Crippen LogP contribution < -0.4 is 9.80 Å². The van der Waals surface area contributed by atoms with Crippen molar-refractivity contribution in [2.75, 3.05) is 9.80 Å². The molecule has 0 radical (unpaired) electrons. The van der Waals surface area contributed by atoms with Crippen molar-refractivity contribution in [3.63, 3.8) is 0 Å². The lowest BCUT2D eigenvalue weighted by Gasteiger charge is -2.12. The molecule has 6 nitrogen and oxygen atoms in total. The van der Waals surface area contributed by atoms with E-state index in [2.05, 4.69) is 13.8 Å². The largest absolute Gasteiger partial charge is 0.269 e. The highest BCUT2D eigenvalue weighted by Crippen LogP contribution is 2.18. The van der Waals surface area contributed by atoms with Gasteiger partial charge in [-0.15, -0.1) is 0 Å². The second-order valence-corrected chi connectivity index (χ2v) is 6.72. The van der Waals surface area contributed by atoms with Gasteiger partial charge in [0.2, 0.25) is 0 Å². The molecule has 31 heavy (non-hydrogen) atoms. The lowest BCUT2D eigenvalue weighted by atomic mass is 10.3. The number of amides is 4. The second-order valence-electron chi connectivity index (χ2n) is 6.72. The Morgan fingerprint density at radius 1 is 0.516 bits per heavy atom. The highest BCUT2D eigenvalue weighted by molar-refractivity contribution is 6.28. The number of hydrogen-bond donors (Lipinski definition) is 0. The van der Waals surface area contributed by atoms with Gasteiger partial charge in [0.25, 0.3) is 23.6 Å². The number of carbonyl (C=O) groups is 4. The summed E-state index contributed by atoms with van der Waals surface area (Å²) in [6.07, 6.45) is 9.17. The zero-order valence-corrected chi connectivity index (χ0v) is 17.7. The van der Waals surface area contributed by atoms with Crippen molar-refractivity contribution in [1.82, 2.24) is 0 Å². The van der Waals surface area contributed by atoms with Gasteiger partial charge in [0, 0.05) is 24.3 Å². The Hall–Kier alpha value is -3.80. The summed E-state index contributed by atoms with van der Waals surface area (Å²) in [4.78, 5) is 47.1. The van der Waals surface area contributed by atoms with Crippen LogP contribution in [0.5, 0.6) is 0 Å². The predicted octanol–water partition coefficient (Wildman–Crippen LogP) is 4.43. The maximum absolute atomic E-state index is 11.2. The van der Waals surface area contributed by atoms with Crippen LogP contribution in [-0.4, -0.2) is 23.6 Å². The first-order chi connectivity index (χ1) is 15.0. The van der Waals surface area contributed by atoms with Gasteiger partial charge in [0.15, 0.2) is 0 Å². The number of carbonyl (C=O) groups excluding carboxylic acids is 4. The molecule has 0 aliphatic carbocycles. The van der Waals surface area contributed by atoms with E-state index in [9.17, 15) is 19.2 Å². The van der Waals surface area contributed by atoms with Crippen LogP contribution in [0.25, 0.3) is 0 Å². The third-order valence-electron chi connectivity index (χ3n) is 4.35. The molecule has 0 atom stereocenters. The van der Waals surface area contributed by atoms with Gasteiger partial charge >= 0.3 is 0 Å². The molecular weight excluding hydrogens is 392 g/mol. The van der Waals surface area contributed by atoms with Gasteiger partial charge in [0.1, 0.15) is 0 Å². The van der Waals surface area contributed by atoms with Gasteiger partial charge in [-0.2, -0.15) is 0 Å². The summed E-state index contributed by atoms with van der Waals surface area (Å²) in [5.41, 5.74) is 1.23. The summed E-state index contributed by atoms with van der Waals surface area (Å²) >= 11 is 0. The zero-order valence-electron chi connectivity index (χ0n) is 17.7. The number of imide groups is 2. The van der Waals surface area contributed by atoms with Crippen molar-refractivity contribution < 1.29 is 19.2 Å². The first-order valence-electron chi connectivity index (χ1n) is 10.2. The number of para-hydroxylation sites is 2. The van der Waals surface area contributed by atoms with Crippen LogP contribution in [0.2, 0.25) is 0 Å². The fourth-order valence-corrected chi connectivity index (χ4v) is 2.82. The number of nitrogens with zero attached hydrogens (tertiary/aromatic N) is 2. The van der Waals surface area contributed by atoms with Gasteiger partial charge in [-0.1, -0.05) is 69.5 Å². The zero-order chi connectivity index (χ0) is 22.6. The Balaban J connectivity index is 0.000000182. The molecule has 0 N–H and O–H groups in total. The van der Waals surface area contributed by atoms with Crippen molar-refractivity contribution in [3.05, 3.63) is 85.0 Å². The molecule has 160 valence electrons. The maximum Gasteiger partial charge on any atom is 0.258 e. The smallest absolute Gasteiger partial charge is 0.258 e. The van der Waals surface area contributed by atoms with E-state index >= 15 is 0 Å². The summed E-state index contributed by atoms with van der Waals surface area (Å²) in [5, 5.41) is 0. The summed E-state index contributed by atoms with van der Waals surface area (Å²) in [6.45, 7) is 4.42. The maximum atomic E-state index is 11.2. The molecule has 2 heterocycles. The number of hydrogen-bond acceptors (Lipinski definition) is 4. The Kier molecular flexibility index (Phi) is 9.11. The molecule has 0 bridgehead atoms. The first kappa shape index (κ1) is 23.5. The molecule has 0 spiro atoms. The average Bonchev–Trinajstić information content (AvgIpc) is 3.31. The molecule has 6 heteroatoms. The molecule has 2 aliphatic heterocycles. The van der Waals surface area contributed by atoms with Crippen LogP contribution in [0, 0.1) is 0 Å². The lowest BCUT2D eigenvalue weighted by Crippen LogP contribution is -2.29. The van der Waals surface area contributed by atoms with Gasteiger partial charge in [-0.05, 0) is 24.3 Å². The van der Waals surface area contributed by atoms with E-state index in [1.165, 1.54) is 43.6 Å². The molecule has 0 saturated heterocycles. The number of benzene rings is 2. The van der Waals surface area contributed by atoms with Gasteiger partial charge in [-0.3, -0.25) is 19.2 Å². The van der Waals surface area contributed by atoms with Gasteiger partial charge in [-0.25, -0.2) is 9.80 Å². The molecule has 2 aromatic carbocycles. The van der Waals surface area contributed by atoms with Crippen molar-refractivity contribution in [1.29, 1.82) is 0 Å². The average molecular weight is 418 g/mol. The Morgan fingerprint density at radius 3 is 1.03 bits per heavy atom. The molecule has 2 aromatic rings. The molecule has 0 saturated carbocycles. The third-order valence-corrected chi connectivity index (χ3v) is 4.35. The molecule has 0 unspecified atom stereocenters. The highest BCUT2D eigenvalue weighted by Gasteiger charge is 2.25. The second kappa shape index (κ2) is 12.0. The molecule has 0 aromatic heterocycles. The van der Waals surface area contributed by atoms with E-state index < -0.39 is 0 Å². The number of unbranched alkanes of at least 4 members (excludes halogenated alkanes) is 2. The summed E-state index contributed by atoms with van der Waals surface area (Å²) in [6, 6.07) is 17.7. The van der Waals surface area contributed by atoms with E-state index in [4.69, 9.17) is 0 Å². The van der Waals surface area contributed by atoms with E-state index in [1.54, 1.807) is 48.5 Å². The fourth-order valence-electron chi connectivity index (χ4n) is 2.82. The van der Waals surface area contributed by atoms with Crippen molar-refractivity contribution in [2.24, 2.45) is 0 Å². The quantitative estimate of drug-likeness (QED) is 0.689. The van der Waals surface area contributed by atoms with E-state index in [0.717, 1.165) is 9.80 Å². The van der Waals surface area contributed by atoms with Crippen molar-refractivity contribution in [2.45, 2.75) is 33.1 Å². The van der Waals surface area contributed by atoms with E-state index in [1.807, 2.05) is 12.1 Å². The van der Waals surface area contributed by atoms with Gasteiger partial charge in [0.05, 0.1) is 11.4 Å². The van der Waals surface area contributed by atoms with E-state index in [-0.39, 0.29) is 23.6 Å². The topological polar surface area (TPSA) is 74.8 Å².